The standard InChI is InChI=1S/C15H22FNO2/c1-15(11-18)7-4-8-17(10-15)9-14(19)12-5-2-3-6-13(12)16/h2-3,5-6,14,18-19H,4,7-11H2,1H3. The predicted molar refractivity (Wildman–Crippen MR) is 72.2 cm³/mol. The minimum Gasteiger partial charge on any atom is -0.396 e. The number of β-amino-alcohol motifs (C(OH)–C–C–N with tert-alkyl or cyclic N) is 1. The number of aliphatic hydroxyl groups excluding tert-OH is 2. The van der Waals surface area contributed by atoms with Gasteiger partial charge in [-0.3, -0.25) is 4.90 Å². The Labute approximate surface area is 113 Å². The van der Waals surface area contributed by atoms with Crippen LogP contribution in [0.1, 0.15) is 31.4 Å². The maximum absolute atomic E-state index is 13.6. The molecule has 2 N–H and O–H groups in total. The van der Waals surface area contributed by atoms with Crippen LogP contribution in [-0.2, 0) is 0 Å². The van der Waals surface area contributed by atoms with Gasteiger partial charge in [0, 0.05) is 30.7 Å². The summed E-state index contributed by atoms with van der Waals surface area (Å²) in [6.07, 6.45) is 1.18. The van der Waals surface area contributed by atoms with Gasteiger partial charge in [-0.2, -0.15) is 0 Å². The highest BCUT2D eigenvalue weighted by Gasteiger charge is 2.31. The quantitative estimate of drug-likeness (QED) is 0.876. The maximum Gasteiger partial charge on any atom is 0.129 e. The molecular formula is C15H22FNO2. The minimum atomic E-state index is -0.817. The molecular weight excluding hydrogens is 245 g/mol. The minimum absolute atomic E-state index is 0.104. The van der Waals surface area contributed by atoms with Gasteiger partial charge in [-0.15, -0.1) is 0 Å². The number of aliphatic hydroxyl groups is 2. The van der Waals surface area contributed by atoms with E-state index in [1.807, 2.05) is 0 Å². The molecule has 3 nitrogen and oxygen atoms in total. The smallest absolute Gasteiger partial charge is 0.129 e. The van der Waals surface area contributed by atoms with E-state index < -0.39 is 6.10 Å². The molecule has 1 aliphatic heterocycles. The van der Waals surface area contributed by atoms with E-state index in [2.05, 4.69) is 11.8 Å². The summed E-state index contributed by atoms with van der Waals surface area (Å²) in [6.45, 7) is 4.25. The van der Waals surface area contributed by atoms with Crippen LogP contribution >= 0.6 is 0 Å². The van der Waals surface area contributed by atoms with Crippen molar-refractivity contribution in [2.45, 2.75) is 25.9 Å². The lowest BCUT2D eigenvalue weighted by molar-refractivity contribution is 0.0204. The Morgan fingerprint density at radius 3 is 2.84 bits per heavy atom. The molecule has 1 heterocycles. The normalized spacial score (nSPS) is 26.3. The first-order valence-electron chi connectivity index (χ1n) is 6.80. The molecule has 106 valence electrons. The zero-order valence-corrected chi connectivity index (χ0v) is 11.3. The Balaban J connectivity index is 1.99. The molecule has 0 spiro atoms. The molecule has 1 aliphatic rings. The zero-order chi connectivity index (χ0) is 13.9. The van der Waals surface area contributed by atoms with Gasteiger partial charge in [0.2, 0.25) is 0 Å². The van der Waals surface area contributed by atoms with E-state index in [0.717, 1.165) is 25.9 Å². The average molecular weight is 267 g/mol. The lowest BCUT2D eigenvalue weighted by atomic mass is 9.82. The van der Waals surface area contributed by atoms with Crippen LogP contribution in [0.4, 0.5) is 4.39 Å². The Kier molecular flexibility index (Phi) is 4.55. The van der Waals surface area contributed by atoms with Crippen LogP contribution in [0.25, 0.3) is 0 Å². The van der Waals surface area contributed by atoms with Gasteiger partial charge in [-0.05, 0) is 25.5 Å². The van der Waals surface area contributed by atoms with Gasteiger partial charge in [-0.1, -0.05) is 25.1 Å². The van der Waals surface area contributed by atoms with Crippen LogP contribution in [0, 0.1) is 11.2 Å². The molecule has 0 aromatic heterocycles. The van der Waals surface area contributed by atoms with Crippen molar-refractivity contribution in [1.82, 2.24) is 4.90 Å². The molecule has 0 amide bonds. The third-order valence-corrected chi connectivity index (χ3v) is 3.94. The van der Waals surface area contributed by atoms with Crippen LogP contribution in [0.2, 0.25) is 0 Å². The van der Waals surface area contributed by atoms with E-state index in [-0.39, 0.29) is 17.8 Å². The third kappa shape index (κ3) is 3.53. The summed E-state index contributed by atoms with van der Waals surface area (Å²) < 4.78 is 13.6. The summed E-state index contributed by atoms with van der Waals surface area (Å²) in [4.78, 5) is 2.11. The Bertz CT molecular complexity index is 426. The molecule has 2 atom stereocenters. The molecule has 1 saturated heterocycles. The lowest BCUT2D eigenvalue weighted by Gasteiger charge is -2.40. The first kappa shape index (κ1) is 14.4. The number of piperidine rings is 1. The summed E-state index contributed by atoms with van der Waals surface area (Å²) in [5.74, 6) is -0.364. The molecule has 4 heteroatoms. The van der Waals surface area contributed by atoms with Crippen LogP contribution in [0.5, 0.6) is 0 Å². The topological polar surface area (TPSA) is 43.7 Å². The lowest BCUT2D eigenvalue weighted by Crippen LogP contribution is -2.45. The molecule has 2 unspecified atom stereocenters. The fourth-order valence-corrected chi connectivity index (χ4v) is 2.80. The number of hydrogen-bond acceptors (Lipinski definition) is 3. The molecule has 1 fully saturated rings. The number of rotatable bonds is 4. The molecule has 19 heavy (non-hydrogen) atoms. The van der Waals surface area contributed by atoms with Crippen LogP contribution < -0.4 is 0 Å². The predicted octanol–water partition coefficient (Wildman–Crippen LogP) is 1.95. The second-order valence-electron chi connectivity index (χ2n) is 5.84. The molecule has 0 radical (unpaired) electrons. The average Bonchev–Trinajstić information content (AvgIpc) is 2.39. The van der Waals surface area contributed by atoms with Crippen LogP contribution in [0.3, 0.4) is 0 Å². The van der Waals surface area contributed by atoms with E-state index >= 15 is 0 Å². The summed E-state index contributed by atoms with van der Waals surface area (Å²) >= 11 is 0. The molecule has 1 aromatic rings. The van der Waals surface area contributed by atoms with E-state index in [1.165, 1.54) is 6.07 Å². The fourth-order valence-electron chi connectivity index (χ4n) is 2.80. The van der Waals surface area contributed by atoms with Crippen LogP contribution in [-0.4, -0.2) is 41.4 Å². The molecule has 1 aromatic carbocycles. The van der Waals surface area contributed by atoms with Crippen molar-refractivity contribution in [1.29, 1.82) is 0 Å². The molecule has 0 bridgehead atoms. The summed E-state index contributed by atoms with van der Waals surface area (Å²) in [7, 11) is 0. The summed E-state index contributed by atoms with van der Waals surface area (Å²) in [6, 6.07) is 6.34. The Morgan fingerprint density at radius 2 is 2.16 bits per heavy atom. The third-order valence-electron chi connectivity index (χ3n) is 3.94. The van der Waals surface area contributed by atoms with Gasteiger partial charge in [0.1, 0.15) is 5.82 Å². The monoisotopic (exact) mass is 267 g/mol. The van der Waals surface area contributed by atoms with Crippen molar-refractivity contribution < 1.29 is 14.6 Å². The van der Waals surface area contributed by atoms with Crippen LogP contribution in [0.15, 0.2) is 24.3 Å². The maximum atomic E-state index is 13.6. The molecule has 0 saturated carbocycles. The van der Waals surface area contributed by atoms with Gasteiger partial charge in [-0.25, -0.2) is 4.39 Å². The largest absolute Gasteiger partial charge is 0.396 e. The van der Waals surface area contributed by atoms with Crippen molar-refractivity contribution in [3.8, 4) is 0 Å². The van der Waals surface area contributed by atoms with E-state index in [9.17, 15) is 14.6 Å². The highest BCUT2D eigenvalue weighted by molar-refractivity contribution is 5.20. The van der Waals surface area contributed by atoms with Crippen molar-refractivity contribution >= 4 is 0 Å². The highest BCUT2D eigenvalue weighted by atomic mass is 19.1. The molecule has 2 rings (SSSR count). The van der Waals surface area contributed by atoms with Gasteiger partial charge in [0.05, 0.1) is 6.10 Å². The van der Waals surface area contributed by atoms with Gasteiger partial charge >= 0.3 is 0 Å². The number of likely N-dealkylation sites (tertiary alicyclic amines) is 1. The fraction of sp³-hybridized carbons (Fsp3) is 0.600. The van der Waals surface area contributed by atoms with E-state index in [0.29, 0.717) is 12.1 Å². The number of hydrogen-bond donors (Lipinski definition) is 2. The van der Waals surface area contributed by atoms with E-state index in [1.54, 1.807) is 18.2 Å². The SMILES string of the molecule is CC1(CO)CCCN(CC(O)c2ccccc2F)C1. The Morgan fingerprint density at radius 1 is 1.42 bits per heavy atom. The number of halogens is 1. The summed E-state index contributed by atoms with van der Waals surface area (Å²) in [5.41, 5.74) is 0.242. The van der Waals surface area contributed by atoms with Crippen molar-refractivity contribution in [2.75, 3.05) is 26.2 Å². The van der Waals surface area contributed by atoms with Crippen molar-refractivity contribution in [3.63, 3.8) is 0 Å². The zero-order valence-electron chi connectivity index (χ0n) is 11.3. The highest BCUT2D eigenvalue weighted by Crippen LogP contribution is 2.30. The van der Waals surface area contributed by atoms with Crippen molar-refractivity contribution in [3.05, 3.63) is 35.6 Å². The second kappa shape index (κ2) is 5.99. The number of benzene rings is 1. The first-order valence-corrected chi connectivity index (χ1v) is 6.80. The number of nitrogens with zero attached hydrogens (tertiary/aromatic N) is 1. The first-order chi connectivity index (χ1) is 9.04. The van der Waals surface area contributed by atoms with E-state index in [4.69, 9.17) is 0 Å². The van der Waals surface area contributed by atoms with Gasteiger partial charge in [0.25, 0.3) is 0 Å². The van der Waals surface area contributed by atoms with Gasteiger partial charge < -0.3 is 10.2 Å². The second-order valence-corrected chi connectivity index (χ2v) is 5.84. The van der Waals surface area contributed by atoms with Crippen molar-refractivity contribution in [2.24, 2.45) is 5.41 Å². The summed E-state index contributed by atoms with van der Waals surface area (Å²) in [5, 5.41) is 19.6. The Hall–Kier alpha value is -0.970. The van der Waals surface area contributed by atoms with Gasteiger partial charge in [0.15, 0.2) is 0 Å². The molecule has 0 aliphatic carbocycles.